The molecule has 0 unspecified atom stereocenters. The number of ketones is 7. The van der Waals surface area contributed by atoms with Gasteiger partial charge in [0, 0.05) is 116 Å². The van der Waals surface area contributed by atoms with E-state index >= 15 is 0 Å². The highest BCUT2D eigenvalue weighted by Crippen LogP contribution is 2.47. The van der Waals surface area contributed by atoms with Gasteiger partial charge in [0.15, 0.2) is 5.82 Å². The van der Waals surface area contributed by atoms with E-state index in [0.717, 1.165) is 74.4 Å². The minimum atomic E-state index is -0.760. The first-order valence-electron chi connectivity index (χ1n) is 29.2. The number of carbonyl (C=O) groups excluding carboxylic acids is 7. The summed E-state index contributed by atoms with van der Waals surface area (Å²) < 4.78 is 0.863. The van der Waals surface area contributed by atoms with E-state index in [4.69, 9.17) is 0 Å². The van der Waals surface area contributed by atoms with E-state index in [9.17, 15) is 33.6 Å². The standard InChI is InChI=1S/C10H16N2O.C10H22NO.C10H22OP.C9H18N2O.C9H19NO.C9H18O.C8H16O/c1-10(2,3)9(13)5-4-8-6-11-7-12-8;1-10(2,3)9(12)7-8-11(4,5)6;1-10(2,3)9(11)7-8-12(4,5)6;1-7(10)11-6-5-8(12)9(2,3)4;1-9(2,3)8(11)6-7-10(4)5;1-5-6-7-8(10)9(2,3)4;1-5-6-7(9)8(2,3)4/h6-7H,4-5H2,1-3H3,(H,11,12);2*7-8H2,1-6H3;11H,1,5-6,10H2,2-4H3;6-7H2,1-5H3;5-7H2,1-4H3;5-6H2,1-4H3/q;2*+1;;;;/p+2. The number of aromatic amines is 1. The van der Waals surface area contributed by atoms with Crippen LogP contribution in [0.2, 0.25) is 0 Å². The van der Waals surface area contributed by atoms with Gasteiger partial charge in [-0.1, -0.05) is 166 Å². The number of hydrogen-bond donors (Lipinski definition) is 4. The summed E-state index contributed by atoms with van der Waals surface area (Å²) in [5, 5.41) is 2.92. The number of unbranched alkanes of at least 4 members (excludes halogenated alkanes) is 1. The zero-order valence-corrected chi connectivity index (χ0v) is 58.8. The number of rotatable bonds is 21. The van der Waals surface area contributed by atoms with Gasteiger partial charge in [0.05, 0.1) is 73.7 Å². The van der Waals surface area contributed by atoms with Crippen LogP contribution in [-0.2, 0) is 40.0 Å². The molecule has 14 heteroatoms. The molecule has 1 heterocycles. The smallest absolute Gasteiger partial charge is 0.188 e. The van der Waals surface area contributed by atoms with Gasteiger partial charge >= 0.3 is 0 Å². The number of imidazole rings is 1. The lowest BCUT2D eigenvalue weighted by atomic mass is 9.88. The van der Waals surface area contributed by atoms with Crippen LogP contribution >= 0.6 is 7.26 Å². The third-order valence-electron chi connectivity index (χ3n) is 11.9. The Hall–Kier alpha value is -3.25. The fourth-order valence-electron chi connectivity index (χ4n) is 5.45. The van der Waals surface area contributed by atoms with Crippen LogP contribution in [0.3, 0.4) is 0 Å². The van der Waals surface area contributed by atoms with Crippen molar-refractivity contribution < 1.29 is 48.7 Å². The highest BCUT2D eigenvalue weighted by molar-refractivity contribution is 7.73. The van der Waals surface area contributed by atoms with Gasteiger partial charge in [-0.3, -0.25) is 33.6 Å². The van der Waals surface area contributed by atoms with Crippen molar-refractivity contribution in [2.75, 3.05) is 81.0 Å². The lowest BCUT2D eigenvalue weighted by Crippen LogP contribution is -3.05. The zero-order valence-electron chi connectivity index (χ0n) is 57.9. The monoisotopic (exact) mass is 1140 g/mol. The summed E-state index contributed by atoms with van der Waals surface area (Å²) in [7, 11) is 9.69. The third-order valence-corrected chi connectivity index (χ3v) is 13.4. The van der Waals surface area contributed by atoms with Crippen LogP contribution in [0.15, 0.2) is 24.9 Å². The van der Waals surface area contributed by atoms with Gasteiger partial charge in [-0.2, -0.15) is 0 Å². The molecule has 0 saturated carbocycles. The van der Waals surface area contributed by atoms with Crippen LogP contribution in [0.4, 0.5) is 0 Å². The van der Waals surface area contributed by atoms with E-state index in [2.05, 4.69) is 89.8 Å². The van der Waals surface area contributed by atoms with Gasteiger partial charge in [0.25, 0.3) is 0 Å². The molecule has 0 aliphatic heterocycles. The first kappa shape index (κ1) is 87.0. The molecule has 0 aliphatic carbocycles. The molecule has 6 N–H and O–H groups in total. The number of H-pyrrole nitrogens is 1. The second kappa shape index (κ2) is 40.1. The lowest BCUT2D eigenvalue weighted by Gasteiger charge is -2.25. The van der Waals surface area contributed by atoms with Crippen LogP contribution in [0.25, 0.3) is 0 Å². The molecule has 13 nitrogen and oxygen atoms in total. The summed E-state index contributed by atoms with van der Waals surface area (Å²) in [4.78, 5) is 87.8. The SMILES string of the molecule is C=C([NH3+])NCCC(=O)C(C)(C)C.CC(C)(C)C(=O)CC[N+](C)(C)C.CC(C)(C)C(=O)CC[P+](C)(C)C.CC(C)(C)C(=O)CCc1cnc[nH]1.CCCC(=O)C(C)(C)C.CCCCC(=O)C(C)(C)C.C[NH+](C)CCC(=O)C(C)(C)C. The summed E-state index contributed by atoms with van der Waals surface area (Å²) in [6.07, 6.45) is 13.1. The van der Waals surface area contributed by atoms with Gasteiger partial charge < -0.3 is 25.4 Å². The fraction of sp³-hybridized carbons (Fsp3) is 0.815. The maximum absolute atomic E-state index is 11.5. The average Bonchev–Trinajstić information content (AvgIpc) is 3.77. The Morgan fingerprint density at radius 1 is 0.544 bits per heavy atom. The Kier molecular flexibility index (Phi) is 44.1. The number of aryl methyl sites for hydroxylation is 1. The first-order chi connectivity index (χ1) is 34.9. The molecule has 0 bridgehead atoms. The molecule has 0 aliphatic rings. The topological polar surface area (TPSA) is 192 Å². The van der Waals surface area contributed by atoms with Crippen molar-refractivity contribution in [2.45, 2.75) is 230 Å². The highest BCUT2D eigenvalue weighted by atomic mass is 31.2. The molecule has 0 amide bonds. The van der Waals surface area contributed by atoms with Crippen LogP contribution in [0, 0.1) is 37.9 Å². The normalized spacial score (nSPS) is 12.1. The van der Waals surface area contributed by atoms with Crippen molar-refractivity contribution in [1.29, 1.82) is 0 Å². The Morgan fingerprint density at radius 2 is 0.886 bits per heavy atom. The van der Waals surface area contributed by atoms with E-state index in [1.54, 1.807) is 12.5 Å². The fourth-order valence-corrected chi connectivity index (χ4v) is 6.32. The van der Waals surface area contributed by atoms with Gasteiger partial charge in [0.1, 0.15) is 40.5 Å². The van der Waals surface area contributed by atoms with E-state index in [-0.39, 0.29) is 43.7 Å². The van der Waals surface area contributed by atoms with Crippen LogP contribution in [-0.4, -0.2) is 136 Å². The quantitative estimate of drug-likeness (QED) is 0.0685. The van der Waals surface area contributed by atoms with Crippen molar-refractivity contribution in [2.24, 2.45) is 37.9 Å². The second-order valence-corrected chi connectivity index (χ2v) is 35.7. The highest BCUT2D eigenvalue weighted by Gasteiger charge is 2.27. The van der Waals surface area contributed by atoms with Gasteiger partial charge in [-0.05, 0) is 25.8 Å². The zero-order chi connectivity index (χ0) is 64.4. The largest absolute Gasteiger partial charge is 0.348 e. The number of nitrogens with one attached hydrogen (secondary N) is 3. The molecule has 1 aromatic rings. The molecule has 466 valence electrons. The minimum Gasteiger partial charge on any atom is -0.348 e. The van der Waals surface area contributed by atoms with Crippen LogP contribution in [0.5, 0.6) is 0 Å². The number of aromatic nitrogens is 2. The number of Topliss-reactive ketones (excluding diaryl/α,β-unsaturated/α-hetero) is 7. The summed E-state index contributed by atoms with van der Waals surface area (Å²) in [6.45, 7) is 58.3. The molecular formula is C65H133N6O7P+4. The average molecular weight is 1140 g/mol. The second-order valence-electron chi connectivity index (χ2n) is 30.7. The van der Waals surface area contributed by atoms with Crippen LogP contribution < -0.4 is 16.0 Å². The molecular weight excluding hydrogens is 1010 g/mol. The summed E-state index contributed by atoms with van der Waals surface area (Å²) in [5.41, 5.74) is 3.42. The maximum atomic E-state index is 11.5. The minimum absolute atomic E-state index is 0.129. The van der Waals surface area contributed by atoms with E-state index < -0.39 is 7.26 Å². The Bertz CT molecular complexity index is 1830. The number of quaternary nitrogens is 3. The van der Waals surface area contributed by atoms with Gasteiger partial charge in [-0.15, -0.1) is 0 Å². The van der Waals surface area contributed by atoms with E-state index in [0.29, 0.717) is 72.7 Å². The van der Waals surface area contributed by atoms with Crippen molar-refractivity contribution in [1.82, 2.24) is 15.3 Å². The van der Waals surface area contributed by atoms with E-state index in [1.807, 2.05) is 152 Å². The Labute approximate surface area is 489 Å². The summed E-state index contributed by atoms with van der Waals surface area (Å²) >= 11 is 0. The summed E-state index contributed by atoms with van der Waals surface area (Å²) in [5.74, 6) is 3.08. The van der Waals surface area contributed by atoms with Crippen molar-refractivity contribution in [3.63, 3.8) is 0 Å². The number of nitrogens with zero attached hydrogens (tertiary/aromatic N) is 2. The lowest BCUT2D eigenvalue weighted by molar-refractivity contribution is -0.869. The van der Waals surface area contributed by atoms with Crippen molar-refractivity contribution >= 4 is 47.7 Å². The van der Waals surface area contributed by atoms with Gasteiger partial charge in [-0.25, -0.2) is 4.98 Å². The molecule has 0 saturated heterocycles. The number of hydrogen-bond acceptors (Lipinski definition) is 9. The molecule has 0 fully saturated rings. The molecule has 0 atom stereocenters. The van der Waals surface area contributed by atoms with E-state index in [1.165, 1.54) is 4.90 Å². The molecule has 79 heavy (non-hydrogen) atoms. The maximum Gasteiger partial charge on any atom is 0.188 e. The molecule has 0 aromatic carbocycles. The first-order valence-corrected chi connectivity index (χ1v) is 32.6. The molecule has 1 aromatic heterocycles. The van der Waals surface area contributed by atoms with Gasteiger partial charge in [0.2, 0.25) is 0 Å². The molecule has 0 spiro atoms. The number of carbonyl (C=O) groups is 7. The Morgan fingerprint density at radius 3 is 1.18 bits per heavy atom. The molecule has 0 radical (unpaired) electrons. The molecule has 1 rings (SSSR count). The van der Waals surface area contributed by atoms with Crippen molar-refractivity contribution in [3.05, 3.63) is 30.6 Å². The van der Waals surface area contributed by atoms with Crippen molar-refractivity contribution in [3.8, 4) is 0 Å². The Balaban J connectivity index is -0.000000197. The predicted octanol–water partition coefficient (Wildman–Crippen LogP) is 12.2. The summed E-state index contributed by atoms with van der Waals surface area (Å²) in [6, 6.07) is 0. The third kappa shape index (κ3) is 60.7. The predicted molar refractivity (Wildman–Crippen MR) is 341 cm³/mol. The van der Waals surface area contributed by atoms with Crippen LogP contribution in [0.1, 0.15) is 229 Å².